The first-order chi connectivity index (χ1) is 12.1. The lowest BCUT2D eigenvalue weighted by molar-refractivity contribution is 0.0577. The van der Waals surface area contributed by atoms with Gasteiger partial charge in [0.25, 0.3) is 10.0 Å². The predicted octanol–water partition coefficient (Wildman–Crippen LogP) is 2.59. The van der Waals surface area contributed by atoms with Crippen LogP contribution in [0, 0.1) is 18.3 Å². The molecule has 4 rings (SSSR count). The second-order valence-corrected chi connectivity index (χ2v) is 9.05. The van der Waals surface area contributed by atoms with Gasteiger partial charge in [0.1, 0.15) is 0 Å². The second-order valence-electron chi connectivity index (χ2n) is 7.39. The van der Waals surface area contributed by atoms with Crippen LogP contribution < -0.4 is 4.83 Å². The van der Waals surface area contributed by atoms with Crippen LogP contribution in [0.2, 0.25) is 0 Å². The normalized spacial score (nSPS) is 28.3. The third-order valence-corrected chi connectivity index (χ3v) is 6.37. The lowest BCUT2D eigenvalue weighted by Crippen LogP contribution is -2.57. The van der Waals surface area contributed by atoms with Crippen LogP contribution in [0.4, 0.5) is 4.79 Å². The number of hydrogen-bond donors (Lipinski definition) is 2. The van der Waals surface area contributed by atoms with Crippen molar-refractivity contribution in [2.45, 2.75) is 38.1 Å². The first-order valence-corrected chi connectivity index (χ1v) is 9.91. The van der Waals surface area contributed by atoms with E-state index in [9.17, 15) is 18.3 Å². The Labute approximate surface area is 153 Å². The zero-order chi connectivity index (χ0) is 19.1. The summed E-state index contributed by atoms with van der Waals surface area (Å²) in [5.41, 5.74) is 1.28. The zero-order valence-electron chi connectivity index (χ0n) is 15.0. The lowest BCUT2D eigenvalue weighted by atomic mass is 9.67. The highest BCUT2D eigenvalue weighted by Crippen LogP contribution is 2.43. The minimum atomic E-state index is -3.75. The SMILES string of the molecule is CC(=NNS(=O)(=O)c1ccc(C)cc1)C1CC2(C)C=CC1N(C(=O)O)C2. The number of carboxylic acid groups (broad SMARTS) is 1. The Morgan fingerprint density at radius 1 is 1.35 bits per heavy atom. The lowest BCUT2D eigenvalue weighted by Gasteiger charge is -2.50. The molecule has 0 radical (unpaired) electrons. The van der Waals surface area contributed by atoms with E-state index in [0.29, 0.717) is 12.3 Å². The summed E-state index contributed by atoms with van der Waals surface area (Å²) in [6, 6.07) is 6.19. The Hall–Kier alpha value is -2.35. The fraction of sp³-hybridized carbons (Fsp3) is 0.444. The van der Waals surface area contributed by atoms with E-state index in [1.807, 2.05) is 19.9 Å². The number of nitrogens with one attached hydrogen (secondary N) is 1. The second kappa shape index (κ2) is 6.42. The standard InChI is InChI=1S/C18H23N3O4S/c1-12-4-6-14(7-5-12)26(24,25)20-19-13(2)15-10-18(3)9-8-16(15)21(11-18)17(22)23/h4-9,15-16,20H,10-11H2,1-3H3,(H,22,23). The van der Waals surface area contributed by atoms with Crippen LogP contribution in [-0.4, -0.2) is 42.8 Å². The summed E-state index contributed by atoms with van der Waals surface area (Å²) in [4.78, 5) is 15.3. The summed E-state index contributed by atoms with van der Waals surface area (Å²) in [6.07, 6.45) is 3.71. The van der Waals surface area contributed by atoms with E-state index < -0.39 is 16.1 Å². The average molecular weight is 377 g/mol. The van der Waals surface area contributed by atoms with Crippen molar-refractivity contribution < 1.29 is 18.3 Å². The van der Waals surface area contributed by atoms with E-state index in [1.165, 1.54) is 17.0 Å². The van der Waals surface area contributed by atoms with E-state index in [-0.39, 0.29) is 22.3 Å². The molecule has 3 unspecified atom stereocenters. The minimum absolute atomic E-state index is 0.142. The Bertz CT molecular complexity index is 876. The maximum atomic E-state index is 12.4. The Balaban J connectivity index is 1.80. The summed E-state index contributed by atoms with van der Waals surface area (Å²) in [7, 11) is -3.75. The van der Waals surface area contributed by atoms with E-state index in [1.54, 1.807) is 19.1 Å². The number of hydrazone groups is 1. The molecule has 1 fully saturated rings. The topological polar surface area (TPSA) is 99.1 Å². The quantitative estimate of drug-likeness (QED) is 0.479. The van der Waals surface area contributed by atoms with Crippen molar-refractivity contribution in [1.29, 1.82) is 0 Å². The van der Waals surface area contributed by atoms with Crippen LogP contribution >= 0.6 is 0 Å². The van der Waals surface area contributed by atoms with Gasteiger partial charge in [-0.25, -0.2) is 9.63 Å². The number of sulfonamides is 1. The molecule has 0 aromatic heterocycles. The van der Waals surface area contributed by atoms with Crippen LogP contribution in [0.1, 0.15) is 25.8 Å². The van der Waals surface area contributed by atoms with Gasteiger partial charge in [0.2, 0.25) is 0 Å². The number of aryl methyl sites for hydroxylation is 1. The van der Waals surface area contributed by atoms with Gasteiger partial charge in [-0.1, -0.05) is 36.8 Å². The Morgan fingerprint density at radius 2 is 2.00 bits per heavy atom. The van der Waals surface area contributed by atoms with Crippen LogP contribution in [-0.2, 0) is 10.0 Å². The molecule has 1 aromatic carbocycles. The highest BCUT2D eigenvalue weighted by molar-refractivity contribution is 7.89. The fourth-order valence-corrected chi connectivity index (χ4v) is 4.53. The predicted molar refractivity (Wildman–Crippen MR) is 98.5 cm³/mol. The maximum absolute atomic E-state index is 12.4. The van der Waals surface area contributed by atoms with Gasteiger partial charge in [-0.2, -0.15) is 13.5 Å². The Kier molecular flexibility index (Phi) is 4.56. The molecule has 2 bridgehead atoms. The highest BCUT2D eigenvalue weighted by Gasteiger charge is 2.46. The molecule has 7 nitrogen and oxygen atoms in total. The van der Waals surface area contributed by atoms with E-state index in [0.717, 1.165) is 12.0 Å². The molecule has 0 spiro atoms. The molecule has 1 amide bonds. The van der Waals surface area contributed by atoms with E-state index in [4.69, 9.17) is 0 Å². The number of fused-ring (bicyclic) bond motifs is 2. The van der Waals surface area contributed by atoms with Crippen LogP contribution in [0.15, 0.2) is 46.4 Å². The van der Waals surface area contributed by atoms with E-state index in [2.05, 4.69) is 16.0 Å². The van der Waals surface area contributed by atoms with Gasteiger partial charge in [0, 0.05) is 23.6 Å². The van der Waals surface area contributed by atoms with Crippen molar-refractivity contribution in [1.82, 2.24) is 9.73 Å². The van der Waals surface area contributed by atoms with Crippen molar-refractivity contribution in [2.24, 2.45) is 16.4 Å². The average Bonchev–Trinajstić information content (AvgIpc) is 2.59. The fourth-order valence-electron chi connectivity index (χ4n) is 3.66. The first-order valence-electron chi connectivity index (χ1n) is 8.43. The first kappa shape index (κ1) is 18.4. The van der Waals surface area contributed by atoms with Crippen molar-refractivity contribution in [3.8, 4) is 0 Å². The Morgan fingerprint density at radius 3 is 2.58 bits per heavy atom. The van der Waals surface area contributed by atoms with Gasteiger partial charge in [0.05, 0.1) is 10.9 Å². The summed E-state index contributed by atoms with van der Waals surface area (Å²) in [6.45, 7) is 6.07. The van der Waals surface area contributed by atoms with Gasteiger partial charge in [-0.05, 0) is 32.4 Å². The molecule has 2 heterocycles. The van der Waals surface area contributed by atoms with Crippen LogP contribution in [0.3, 0.4) is 0 Å². The molecule has 1 aliphatic carbocycles. The minimum Gasteiger partial charge on any atom is -0.465 e. The number of nitrogens with zero attached hydrogens (tertiary/aromatic N) is 2. The number of hydrogen-bond acceptors (Lipinski definition) is 4. The summed E-state index contributed by atoms with van der Waals surface area (Å²) < 4.78 is 24.8. The smallest absolute Gasteiger partial charge is 0.407 e. The molecule has 0 saturated carbocycles. The van der Waals surface area contributed by atoms with Gasteiger partial charge in [0.15, 0.2) is 0 Å². The van der Waals surface area contributed by atoms with Crippen molar-refractivity contribution in [2.75, 3.05) is 6.54 Å². The van der Waals surface area contributed by atoms with Crippen molar-refractivity contribution in [3.05, 3.63) is 42.0 Å². The zero-order valence-corrected chi connectivity index (χ0v) is 15.8. The number of rotatable bonds is 4. The summed E-state index contributed by atoms with van der Waals surface area (Å²) >= 11 is 0. The molecule has 26 heavy (non-hydrogen) atoms. The van der Waals surface area contributed by atoms with Crippen LogP contribution in [0.25, 0.3) is 0 Å². The van der Waals surface area contributed by atoms with Crippen molar-refractivity contribution >= 4 is 21.8 Å². The molecular weight excluding hydrogens is 354 g/mol. The summed E-state index contributed by atoms with van der Waals surface area (Å²) in [5.74, 6) is -0.157. The van der Waals surface area contributed by atoms with Gasteiger partial charge in [-0.3, -0.25) is 0 Å². The highest BCUT2D eigenvalue weighted by atomic mass is 32.2. The van der Waals surface area contributed by atoms with E-state index >= 15 is 0 Å². The monoisotopic (exact) mass is 377 g/mol. The molecule has 140 valence electrons. The van der Waals surface area contributed by atoms with Crippen molar-refractivity contribution in [3.63, 3.8) is 0 Å². The number of piperidine rings is 1. The molecule has 3 atom stereocenters. The molecule has 1 aromatic rings. The number of carbonyl (C=O) groups is 1. The summed E-state index contributed by atoms with van der Waals surface area (Å²) in [5, 5.41) is 13.5. The maximum Gasteiger partial charge on any atom is 0.407 e. The van der Waals surface area contributed by atoms with Gasteiger partial charge in [-0.15, -0.1) is 0 Å². The van der Waals surface area contributed by atoms with Crippen LogP contribution in [0.5, 0.6) is 0 Å². The molecule has 8 heteroatoms. The largest absolute Gasteiger partial charge is 0.465 e. The molecule has 3 aliphatic rings. The molecule has 1 saturated heterocycles. The number of benzene rings is 1. The molecule has 2 N–H and O–H groups in total. The van der Waals surface area contributed by atoms with Gasteiger partial charge < -0.3 is 10.0 Å². The molecular formula is C18H23N3O4S. The van der Waals surface area contributed by atoms with Gasteiger partial charge >= 0.3 is 6.09 Å². The third kappa shape index (κ3) is 3.46. The molecule has 2 aliphatic heterocycles. The third-order valence-electron chi connectivity index (χ3n) is 5.14. The number of amides is 1.